The van der Waals surface area contributed by atoms with Crippen LogP contribution in [0.15, 0.2) is 24.5 Å². The van der Waals surface area contributed by atoms with Crippen LogP contribution >= 0.6 is 0 Å². The van der Waals surface area contributed by atoms with Gasteiger partial charge in [-0.15, -0.1) is 0 Å². The first-order chi connectivity index (χ1) is 10.9. The third-order valence-electron chi connectivity index (χ3n) is 4.57. The molecular formula is C17H22N2O3S. The molecule has 3 rings (SSSR count). The number of aryl methyl sites for hydroxylation is 2. The number of hydrogen-bond acceptors (Lipinski definition) is 4. The van der Waals surface area contributed by atoms with Crippen LogP contribution in [0.2, 0.25) is 0 Å². The highest BCUT2D eigenvalue weighted by Crippen LogP contribution is 2.33. The van der Waals surface area contributed by atoms with E-state index < -0.39 is 9.84 Å². The zero-order valence-electron chi connectivity index (χ0n) is 13.7. The second-order valence-electron chi connectivity index (χ2n) is 6.18. The number of imidazole rings is 1. The van der Waals surface area contributed by atoms with Crippen molar-refractivity contribution in [1.29, 1.82) is 0 Å². The van der Waals surface area contributed by atoms with Gasteiger partial charge >= 0.3 is 0 Å². The molecule has 23 heavy (non-hydrogen) atoms. The van der Waals surface area contributed by atoms with Crippen LogP contribution in [0.4, 0.5) is 0 Å². The number of hydrogen-bond donors (Lipinski definition) is 0. The predicted octanol–water partition coefficient (Wildman–Crippen LogP) is 2.93. The summed E-state index contributed by atoms with van der Waals surface area (Å²) in [7, 11) is -1.19. The third kappa shape index (κ3) is 3.13. The topological polar surface area (TPSA) is 61.2 Å². The summed E-state index contributed by atoms with van der Waals surface area (Å²) in [5.74, 6) is 2.29. The molecule has 0 saturated carbocycles. The molecule has 0 amide bonds. The van der Waals surface area contributed by atoms with Gasteiger partial charge in [-0.3, -0.25) is 0 Å². The fourth-order valence-corrected chi connectivity index (χ4v) is 4.69. The Labute approximate surface area is 137 Å². The lowest BCUT2D eigenvalue weighted by Gasteiger charge is -2.25. The lowest BCUT2D eigenvalue weighted by molar-refractivity contribution is 0.411. The Bertz CT molecular complexity index is 810. The van der Waals surface area contributed by atoms with Crippen LogP contribution in [-0.2, 0) is 9.84 Å². The molecule has 2 aromatic rings. The first-order valence-corrected chi connectivity index (χ1v) is 9.62. The number of rotatable bonds is 3. The highest BCUT2D eigenvalue weighted by Gasteiger charge is 2.26. The van der Waals surface area contributed by atoms with Gasteiger partial charge in [0.1, 0.15) is 21.4 Å². The van der Waals surface area contributed by atoms with Gasteiger partial charge in [-0.1, -0.05) is 0 Å². The summed E-state index contributed by atoms with van der Waals surface area (Å²) in [5, 5.41) is 0. The Balaban J connectivity index is 1.97. The van der Waals surface area contributed by atoms with E-state index in [0.717, 1.165) is 28.3 Å². The van der Waals surface area contributed by atoms with Crippen LogP contribution in [-0.4, -0.2) is 36.6 Å². The Hall–Kier alpha value is -1.82. The van der Waals surface area contributed by atoms with Gasteiger partial charge in [-0.25, -0.2) is 13.4 Å². The summed E-state index contributed by atoms with van der Waals surface area (Å²) in [4.78, 5) is 4.53. The zero-order chi connectivity index (χ0) is 16.6. The van der Waals surface area contributed by atoms with Gasteiger partial charge in [0.2, 0.25) is 0 Å². The Kier molecular flexibility index (Phi) is 4.19. The first-order valence-electron chi connectivity index (χ1n) is 7.80. The van der Waals surface area contributed by atoms with Crippen molar-refractivity contribution in [1.82, 2.24) is 9.55 Å². The van der Waals surface area contributed by atoms with E-state index in [0.29, 0.717) is 12.8 Å². The Morgan fingerprint density at radius 2 is 1.87 bits per heavy atom. The standard InChI is InChI=1S/C17H22N2O3S/c1-12-11-16(22-3)13(2)10-15(12)17-18-6-7-19(17)14-4-8-23(20,21)9-5-14/h6-7,10-11,14H,4-5,8-9H2,1-3H3. The van der Waals surface area contributed by atoms with Crippen molar-refractivity contribution in [3.63, 3.8) is 0 Å². The molecule has 0 atom stereocenters. The molecule has 1 aromatic heterocycles. The Morgan fingerprint density at radius 1 is 1.17 bits per heavy atom. The maximum Gasteiger partial charge on any atom is 0.150 e. The van der Waals surface area contributed by atoms with Crippen LogP contribution < -0.4 is 4.74 Å². The molecule has 2 heterocycles. The van der Waals surface area contributed by atoms with Gasteiger partial charge in [0, 0.05) is 24.0 Å². The summed E-state index contributed by atoms with van der Waals surface area (Å²) >= 11 is 0. The van der Waals surface area contributed by atoms with Crippen molar-refractivity contribution >= 4 is 9.84 Å². The largest absolute Gasteiger partial charge is 0.496 e. The molecule has 0 radical (unpaired) electrons. The van der Waals surface area contributed by atoms with Gasteiger partial charge in [0.05, 0.1) is 18.6 Å². The SMILES string of the molecule is COc1cc(C)c(-c2nccn2C2CCS(=O)(=O)CC2)cc1C. The molecule has 124 valence electrons. The molecule has 1 aliphatic heterocycles. The summed E-state index contributed by atoms with van der Waals surface area (Å²) in [6.45, 7) is 4.06. The van der Waals surface area contributed by atoms with E-state index in [9.17, 15) is 8.42 Å². The molecule has 0 bridgehead atoms. The number of ether oxygens (including phenoxy) is 1. The van der Waals surface area contributed by atoms with Gasteiger partial charge in [-0.2, -0.15) is 0 Å². The first kappa shape index (κ1) is 16.1. The molecule has 5 nitrogen and oxygen atoms in total. The molecule has 1 aliphatic rings. The van der Waals surface area contributed by atoms with Crippen molar-refractivity contribution in [2.75, 3.05) is 18.6 Å². The van der Waals surface area contributed by atoms with Crippen LogP contribution in [0.1, 0.15) is 30.0 Å². The van der Waals surface area contributed by atoms with Crippen LogP contribution in [0.3, 0.4) is 0 Å². The molecule has 0 spiro atoms. The number of methoxy groups -OCH3 is 1. The van der Waals surface area contributed by atoms with E-state index in [1.54, 1.807) is 13.3 Å². The highest BCUT2D eigenvalue weighted by atomic mass is 32.2. The number of aromatic nitrogens is 2. The fourth-order valence-electron chi connectivity index (χ4n) is 3.22. The molecule has 1 fully saturated rings. The average molecular weight is 334 g/mol. The monoisotopic (exact) mass is 334 g/mol. The molecule has 0 aliphatic carbocycles. The van der Waals surface area contributed by atoms with Crippen molar-refractivity contribution in [2.45, 2.75) is 32.7 Å². The van der Waals surface area contributed by atoms with Gasteiger partial charge in [0.15, 0.2) is 0 Å². The second-order valence-corrected chi connectivity index (χ2v) is 8.48. The van der Waals surface area contributed by atoms with E-state index in [2.05, 4.69) is 15.6 Å². The normalized spacial score (nSPS) is 18.0. The van der Waals surface area contributed by atoms with Gasteiger partial charge in [-0.05, 0) is 49.9 Å². The maximum absolute atomic E-state index is 11.7. The minimum atomic E-state index is -2.86. The van der Waals surface area contributed by atoms with E-state index in [1.807, 2.05) is 26.1 Å². The smallest absolute Gasteiger partial charge is 0.150 e. The van der Waals surface area contributed by atoms with Crippen molar-refractivity contribution < 1.29 is 13.2 Å². The van der Waals surface area contributed by atoms with Crippen molar-refractivity contribution in [3.8, 4) is 17.1 Å². The summed E-state index contributed by atoms with van der Waals surface area (Å²) in [6.07, 6.45) is 5.05. The molecule has 0 N–H and O–H groups in total. The van der Waals surface area contributed by atoms with Crippen molar-refractivity contribution in [3.05, 3.63) is 35.7 Å². The molecule has 0 unspecified atom stereocenters. The summed E-state index contributed by atoms with van der Waals surface area (Å²) < 4.78 is 30.8. The van der Waals surface area contributed by atoms with Crippen LogP contribution in [0, 0.1) is 13.8 Å². The van der Waals surface area contributed by atoms with E-state index in [4.69, 9.17) is 4.74 Å². The summed E-state index contributed by atoms with van der Waals surface area (Å²) in [5.41, 5.74) is 3.24. The Morgan fingerprint density at radius 3 is 2.52 bits per heavy atom. The number of sulfone groups is 1. The highest BCUT2D eigenvalue weighted by molar-refractivity contribution is 7.91. The quantitative estimate of drug-likeness (QED) is 0.866. The predicted molar refractivity (Wildman–Crippen MR) is 90.6 cm³/mol. The maximum atomic E-state index is 11.7. The third-order valence-corrected chi connectivity index (χ3v) is 6.28. The average Bonchev–Trinajstić information content (AvgIpc) is 2.98. The van der Waals surface area contributed by atoms with E-state index >= 15 is 0 Å². The fraction of sp³-hybridized carbons (Fsp3) is 0.471. The minimum absolute atomic E-state index is 0.192. The number of benzene rings is 1. The zero-order valence-corrected chi connectivity index (χ0v) is 14.6. The minimum Gasteiger partial charge on any atom is -0.496 e. The van der Waals surface area contributed by atoms with Crippen LogP contribution in [0.25, 0.3) is 11.4 Å². The lowest BCUT2D eigenvalue weighted by atomic mass is 10.0. The van der Waals surface area contributed by atoms with Gasteiger partial charge < -0.3 is 9.30 Å². The molecule has 1 aromatic carbocycles. The molecule has 1 saturated heterocycles. The number of nitrogens with zero attached hydrogens (tertiary/aromatic N) is 2. The van der Waals surface area contributed by atoms with Crippen LogP contribution in [0.5, 0.6) is 5.75 Å². The van der Waals surface area contributed by atoms with E-state index in [-0.39, 0.29) is 17.5 Å². The molecular weight excluding hydrogens is 312 g/mol. The molecule has 6 heteroatoms. The van der Waals surface area contributed by atoms with Gasteiger partial charge in [0.25, 0.3) is 0 Å². The second kappa shape index (κ2) is 6.00. The van der Waals surface area contributed by atoms with Crippen molar-refractivity contribution in [2.24, 2.45) is 0 Å². The lowest BCUT2D eigenvalue weighted by Crippen LogP contribution is -2.25. The van der Waals surface area contributed by atoms with E-state index in [1.165, 1.54) is 0 Å². The summed E-state index contributed by atoms with van der Waals surface area (Å²) in [6, 6.07) is 4.31.